The first kappa shape index (κ1) is 17.2. The summed E-state index contributed by atoms with van der Waals surface area (Å²) in [6.45, 7) is 4.14. The van der Waals surface area contributed by atoms with Crippen LogP contribution in [0.5, 0.6) is 0 Å². The van der Waals surface area contributed by atoms with Gasteiger partial charge in [-0.3, -0.25) is 4.79 Å². The Labute approximate surface area is 159 Å². The smallest absolute Gasteiger partial charge is 0.266 e. The molecule has 0 saturated carbocycles. The number of anilines is 1. The molecule has 1 aliphatic rings. The van der Waals surface area contributed by atoms with Crippen molar-refractivity contribution in [3.05, 3.63) is 39.9 Å². The number of ether oxygens (including phenoxy) is 1. The molecular weight excluding hydrogens is 372 g/mol. The quantitative estimate of drug-likeness (QED) is 0.727. The summed E-state index contributed by atoms with van der Waals surface area (Å²) in [4.78, 5) is 25.1. The molecule has 26 heavy (non-hydrogen) atoms. The molecule has 0 bridgehead atoms. The van der Waals surface area contributed by atoms with Crippen LogP contribution in [0, 0.1) is 6.92 Å². The van der Waals surface area contributed by atoms with E-state index in [1.54, 1.807) is 17.0 Å². The molecule has 2 N–H and O–H groups in total. The molecule has 1 aliphatic heterocycles. The molecule has 0 atom stereocenters. The zero-order valence-electron chi connectivity index (χ0n) is 14.2. The fourth-order valence-electron chi connectivity index (χ4n) is 2.99. The average molecular weight is 389 g/mol. The number of benzene rings is 1. The molecule has 1 amide bonds. The lowest BCUT2D eigenvalue weighted by Crippen LogP contribution is -2.40. The summed E-state index contributed by atoms with van der Waals surface area (Å²) in [5.41, 5.74) is 8.38. The second kappa shape index (κ2) is 6.83. The summed E-state index contributed by atoms with van der Waals surface area (Å²) in [5.74, 6) is 0.527. The van der Waals surface area contributed by atoms with Crippen LogP contribution in [0.3, 0.4) is 0 Å². The van der Waals surface area contributed by atoms with Crippen LogP contribution in [0.1, 0.15) is 15.4 Å². The fraction of sp³-hybridized carbons (Fsp3) is 0.278. The van der Waals surface area contributed by atoms with E-state index >= 15 is 0 Å². The SMILES string of the molecule is Cc1nc(-c2ccc(Cl)cc2)nc2sc(C(=O)N3CCOCC3)c(N)c12. The number of amides is 1. The van der Waals surface area contributed by atoms with E-state index in [1.807, 2.05) is 19.1 Å². The third-order valence-corrected chi connectivity index (χ3v) is 5.70. The van der Waals surface area contributed by atoms with Crippen LogP contribution in [0.2, 0.25) is 5.02 Å². The second-order valence-corrected chi connectivity index (χ2v) is 7.50. The number of aryl methyl sites for hydroxylation is 1. The zero-order valence-corrected chi connectivity index (χ0v) is 15.7. The highest BCUT2D eigenvalue weighted by molar-refractivity contribution is 7.21. The predicted molar refractivity (Wildman–Crippen MR) is 104 cm³/mol. The van der Waals surface area contributed by atoms with Gasteiger partial charge in [0, 0.05) is 23.7 Å². The molecule has 1 aromatic carbocycles. The van der Waals surface area contributed by atoms with Crippen molar-refractivity contribution in [1.82, 2.24) is 14.9 Å². The minimum atomic E-state index is -0.0683. The van der Waals surface area contributed by atoms with E-state index in [4.69, 9.17) is 22.1 Å². The lowest BCUT2D eigenvalue weighted by atomic mass is 10.2. The molecule has 1 saturated heterocycles. The van der Waals surface area contributed by atoms with Gasteiger partial charge in [-0.25, -0.2) is 9.97 Å². The first-order valence-corrected chi connectivity index (χ1v) is 9.43. The van der Waals surface area contributed by atoms with Crippen molar-refractivity contribution < 1.29 is 9.53 Å². The first-order chi connectivity index (χ1) is 12.5. The Hall–Kier alpha value is -2.22. The van der Waals surface area contributed by atoms with E-state index in [0.717, 1.165) is 21.5 Å². The van der Waals surface area contributed by atoms with Crippen LogP contribution < -0.4 is 5.73 Å². The number of rotatable bonds is 2. The van der Waals surface area contributed by atoms with Crippen LogP contribution in [-0.2, 0) is 4.74 Å². The Balaban J connectivity index is 1.77. The Bertz CT molecular complexity index is 981. The summed E-state index contributed by atoms with van der Waals surface area (Å²) in [5, 5.41) is 1.41. The van der Waals surface area contributed by atoms with E-state index in [2.05, 4.69) is 9.97 Å². The van der Waals surface area contributed by atoms with Gasteiger partial charge in [0.25, 0.3) is 5.91 Å². The largest absolute Gasteiger partial charge is 0.397 e. The Kier molecular flexibility index (Phi) is 4.52. The van der Waals surface area contributed by atoms with Crippen molar-refractivity contribution in [1.29, 1.82) is 0 Å². The lowest BCUT2D eigenvalue weighted by Gasteiger charge is -2.26. The van der Waals surface area contributed by atoms with Gasteiger partial charge in [0.2, 0.25) is 0 Å². The van der Waals surface area contributed by atoms with Crippen LogP contribution in [0.15, 0.2) is 24.3 Å². The number of carbonyl (C=O) groups excluding carboxylic acids is 1. The lowest BCUT2D eigenvalue weighted by molar-refractivity contribution is 0.0307. The molecular formula is C18H17ClN4O2S. The highest BCUT2D eigenvalue weighted by Gasteiger charge is 2.25. The van der Waals surface area contributed by atoms with Crippen LogP contribution in [0.4, 0.5) is 5.69 Å². The molecule has 2 aromatic heterocycles. The standard InChI is InChI=1S/C18H17ClN4O2S/c1-10-13-14(20)15(18(24)23-6-8-25-9-7-23)26-17(13)22-16(21-10)11-2-4-12(19)5-3-11/h2-5H,6-9,20H2,1H3. The van der Waals surface area contributed by atoms with E-state index < -0.39 is 0 Å². The molecule has 0 unspecified atom stereocenters. The molecule has 3 heterocycles. The zero-order chi connectivity index (χ0) is 18.3. The monoisotopic (exact) mass is 388 g/mol. The number of carbonyl (C=O) groups is 1. The van der Waals surface area contributed by atoms with Crippen LogP contribution >= 0.6 is 22.9 Å². The maximum absolute atomic E-state index is 12.8. The molecule has 134 valence electrons. The molecule has 0 aliphatic carbocycles. The van der Waals surface area contributed by atoms with Gasteiger partial charge in [0.15, 0.2) is 5.82 Å². The highest BCUT2D eigenvalue weighted by Crippen LogP contribution is 2.36. The number of nitrogens with two attached hydrogens (primary N) is 1. The molecule has 8 heteroatoms. The van der Waals surface area contributed by atoms with Gasteiger partial charge in [-0.15, -0.1) is 11.3 Å². The number of halogens is 1. The van der Waals surface area contributed by atoms with Gasteiger partial charge in [0.05, 0.1) is 30.0 Å². The molecule has 4 rings (SSSR count). The van der Waals surface area contributed by atoms with Gasteiger partial charge in [-0.2, -0.15) is 0 Å². The Morgan fingerprint density at radius 3 is 2.62 bits per heavy atom. The number of nitrogens with zero attached hydrogens (tertiary/aromatic N) is 3. The van der Waals surface area contributed by atoms with Crippen molar-refractivity contribution in [3.8, 4) is 11.4 Å². The summed E-state index contributed by atoms with van der Waals surface area (Å²) >= 11 is 7.27. The summed E-state index contributed by atoms with van der Waals surface area (Å²) in [6, 6.07) is 7.35. The van der Waals surface area contributed by atoms with Crippen LogP contribution in [0.25, 0.3) is 21.6 Å². The maximum atomic E-state index is 12.8. The third kappa shape index (κ3) is 3.02. The highest BCUT2D eigenvalue weighted by atomic mass is 35.5. The van der Waals surface area contributed by atoms with Crippen molar-refractivity contribution in [2.45, 2.75) is 6.92 Å². The maximum Gasteiger partial charge on any atom is 0.266 e. The van der Waals surface area contributed by atoms with Crippen molar-refractivity contribution >= 4 is 44.7 Å². The minimum absolute atomic E-state index is 0.0683. The molecule has 0 radical (unpaired) electrons. The van der Waals surface area contributed by atoms with Crippen molar-refractivity contribution in [3.63, 3.8) is 0 Å². The van der Waals surface area contributed by atoms with Gasteiger partial charge < -0.3 is 15.4 Å². The summed E-state index contributed by atoms with van der Waals surface area (Å²) in [7, 11) is 0. The fourth-order valence-corrected chi connectivity index (χ4v) is 4.23. The summed E-state index contributed by atoms with van der Waals surface area (Å²) in [6.07, 6.45) is 0. The van der Waals surface area contributed by atoms with E-state index in [-0.39, 0.29) is 5.91 Å². The Morgan fingerprint density at radius 1 is 1.23 bits per heavy atom. The van der Waals surface area contributed by atoms with Gasteiger partial charge >= 0.3 is 0 Å². The number of nitrogen functional groups attached to an aromatic ring is 1. The average Bonchev–Trinajstić information content (AvgIpc) is 2.99. The van der Waals surface area contributed by atoms with E-state index in [9.17, 15) is 4.79 Å². The third-order valence-electron chi connectivity index (χ3n) is 4.36. The Morgan fingerprint density at radius 2 is 1.92 bits per heavy atom. The first-order valence-electron chi connectivity index (χ1n) is 8.24. The minimum Gasteiger partial charge on any atom is -0.397 e. The molecule has 6 nitrogen and oxygen atoms in total. The van der Waals surface area contributed by atoms with Crippen molar-refractivity contribution in [2.24, 2.45) is 0 Å². The van der Waals surface area contributed by atoms with Crippen LogP contribution in [-0.4, -0.2) is 47.1 Å². The number of hydrogen-bond acceptors (Lipinski definition) is 6. The predicted octanol–water partition coefficient (Wildman–Crippen LogP) is 3.37. The topological polar surface area (TPSA) is 81.3 Å². The van der Waals surface area contributed by atoms with Gasteiger partial charge in [-0.05, 0) is 31.2 Å². The van der Waals surface area contributed by atoms with E-state index in [1.165, 1.54) is 11.3 Å². The molecule has 1 fully saturated rings. The second-order valence-electron chi connectivity index (χ2n) is 6.07. The van der Waals surface area contributed by atoms with Gasteiger partial charge in [0.1, 0.15) is 9.71 Å². The van der Waals surface area contributed by atoms with Crippen molar-refractivity contribution in [2.75, 3.05) is 32.0 Å². The molecule has 0 spiro atoms. The normalized spacial score (nSPS) is 14.8. The van der Waals surface area contributed by atoms with E-state index in [0.29, 0.717) is 47.7 Å². The number of fused-ring (bicyclic) bond motifs is 1. The number of morpholine rings is 1. The number of thiophene rings is 1. The molecule has 3 aromatic rings. The number of aromatic nitrogens is 2. The van der Waals surface area contributed by atoms with Gasteiger partial charge in [-0.1, -0.05) is 11.6 Å². The summed E-state index contributed by atoms with van der Waals surface area (Å²) < 4.78 is 5.31. The number of hydrogen-bond donors (Lipinski definition) is 1.